The standard InChI is InChI=1S/C18H14FNO2/c1-20-18-14-9-12(19)3-2-10(14)7-15(18)17-8-11-6-13(21)4-5-16(11)22-17/h2-9,14,20-21H,1H3. The molecule has 1 atom stereocenters. The van der Waals surface area contributed by atoms with Gasteiger partial charge in [0, 0.05) is 29.6 Å². The Hall–Kier alpha value is -2.75. The van der Waals surface area contributed by atoms with Gasteiger partial charge in [0.1, 0.15) is 22.9 Å². The van der Waals surface area contributed by atoms with Gasteiger partial charge >= 0.3 is 0 Å². The summed E-state index contributed by atoms with van der Waals surface area (Å²) in [5.41, 5.74) is 3.57. The minimum absolute atomic E-state index is 0.105. The van der Waals surface area contributed by atoms with Crippen molar-refractivity contribution in [1.82, 2.24) is 5.32 Å². The number of furan rings is 1. The predicted octanol–water partition coefficient (Wildman–Crippen LogP) is 4.05. The van der Waals surface area contributed by atoms with Crippen LogP contribution in [0.25, 0.3) is 16.5 Å². The summed E-state index contributed by atoms with van der Waals surface area (Å²) < 4.78 is 19.4. The highest BCUT2D eigenvalue weighted by Gasteiger charge is 2.28. The van der Waals surface area contributed by atoms with Crippen LogP contribution < -0.4 is 5.32 Å². The molecule has 0 aliphatic heterocycles. The number of nitrogens with one attached hydrogen (secondary N) is 1. The molecule has 0 saturated carbocycles. The quantitative estimate of drug-likeness (QED) is 0.878. The van der Waals surface area contributed by atoms with Crippen molar-refractivity contribution < 1.29 is 13.9 Å². The molecule has 1 aromatic carbocycles. The first-order valence-electron chi connectivity index (χ1n) is 7.07. The van der Waals surface area contributed by atoms with Gasteiger partial charge in [-0.05, 0) is 48.1 Å². The number of benzene rings is 1. The molecule has 110 valence electrons. The van der Waals surface area contributed by atoms with Gasteiger partial charge < -0.3 is 14.8 Å². The highest BCUT2D eigenvalue weighted by Crippen LogP contribution is 2.41. The minimum atomic E-state index is -0.231. The van der Waals surface area contributed by atoms with E-state index >= 15 is 0 Å². The van der Waals surface area contributed by atoms with Crippen LogP contribution in [0.2, 0.25) is 0 Å². The highest BCUT2D eigenvalue weighted by molar-refractivity contribution is 5.88. The summed E-state index contributed by atoms with van der Waals surface area (Å²) in [5, 5.41) is 13.6. The van der Waals surface area contributed by atoms with E-state index in [1.165, 1.54) is 6.08 Å². The molecular weight excluding hydrogens is 281 g/mol. The van der Waals surface area contributed by atoms with Crippen molar-refractivity contribution in [2.24, 2.45) is 5.92 Å². The van der Waals surface area contributed by atoms with Gasteiger partial charge in [-0.25, -0.2) is 4.39 Å². The summed E-state index contributed by atoms with van der Waals surface area (Å²) in [6.07, 6.45) is 6.86. The number of hydrogen-bond acceptors (Lipinski definition) is 3. The van der Waals surface area contributed by atoms with E-state index in [-0.39, 0.29) is 17.5 Å². The fourth-order valence-electron chi connectivity index (χ4n) is 3.05. The summed E-state index contributed by atoms with van der Waals surface area (Å²) in [7, 11) is 1.82. The van der Waals surface area contributed by atoms with Crippen LogP contribution in [0, 0.1) is 5.92 Å². The van der Waals surface area contributed by atoms with Crippen LogP contribution >= 0.6 is 0 Å². The molecule has 1 aromatic heterocycles. The Labute approximate surface area is 126 Å². The zero-order chi connectivity index (χ0) is 15.3. The molecule has 0 fully saturated rings. The van der Waals surface area contributed by atoms with Gasteiger partial charge in [0.05, 0.1) is 0 Å². The summed E-state index contributed by atoms with van der Waals surface area (Å²) >= 11 is 0. The van der Waals surface area contributed by atoms with Crippen LogP contribution in [-0.4, -0.2) is 12.2 Å². The third-order valence-electron chi connectivity index (χ3n) is 4.07. The maximum Gasteiger partial charge on any atom is 0.137 e. The molecule has 22 heavy (non-hydrogen) atoms. The summed E-state index contributed by atoms with van der Waals surface area (Å²) in [4.78, 5) is 0. The molecule has 0 spiro atoms. The predicted molar refractivity (Wildman–Crippen MR) is 83.8 cm³/mol. The van der Waals surface area contributed by atoms with E-state index in [9.17, 15) is 9.50 Å². The molecule has 4 heteroatoms. The first-order chi connectivity index (χ1) is 10.7. The molecular formula is C18H14FNO2. The molecule has 1 unspecified atom stereocenters. The van der Waals surface area contributed by atoms with E-state index in [1.54, 1.807) is 30.4 Å². The van der Waals surface area contributed by atoms with Gasteiger partial charge in [-0.15, -0.1) is 0 Å². The minimum Gasteiger partial charge on any atom is -0.508 e. The van der Waals surface area contributed by atoms with Gasteiger partial charge in [0.25, 0.3) is 0 Å². The molecule has 1 heterocycles. The fourth-order valence-corrected chi connectivity index (χ4v) is 3.05. The number of halogens is 1. The Balaban J connectivity index is 1.87. The second kappa shape index (κ2) is 4.63. The second-order valence-electron chi connectivity index (χ2n) is 5.42. The average Bonchev–Trinajstić information content (AvgIpc) is 3.06. The van der Waals surface area contributed by atoms with Gasteiger partial charge in [-0.1, -0.05) is 6.08 Å². The normalized spacial score (nSPS) is 20.2. The van der Waals surface area contributed by atoms with Gasteiger partial charge in [-0.2, -0.15) is 0 Å². The molecule has 0 radical (unpaired) electrons. The van der Waals surface area contributed by atoms with Crippen LogP contribution in [0.1, 0.15) is 5.76 Å². The van der Waals surface area contributed by atoms with Crippen molar-refractivity contribution in [3.63, 3.8) is 0 Å². The van der Waals surface area contributed by atoms with Gasteiger partial charge in [0.15, 0.2) is 0 Å². The van der Waals surface area contributed by atoms with E-state index in [1.807, 2.05) is 19.2 Å². The van der Waals surface area contributed by atoms with E-state index in [0.29, 0.717) is 11.3 Å². The van der Waals surface area contributed by atoms with Crippen LogP contribution in [0.15, 0.2) is 70.1 Å². The number of aromatic hydroxyl groups is 1. The largest absolute Gasteiger partial charge is 0.508 e. The third kappa shape index (κ3) is 1.88. The zero-order valence-corrected chi connectivity index (χ0v) is 11.9. The fraction of sp³-hybridized carbons (Fsp3) is 0.111. The average molecular weight is 295 g/mol. The number of fused-ring (bicyclic) bond motifs is 2. The molecule has 2 aliphatic carbocycles. The molecule has 2 aromatic rings. The van der Waals surface area contributed by atoms with Crippen molar-refractivity contribution in [1.29, 1.82) is 0 Å². The molecule has 4 rings (SSSR count). The van der Waals surface area contributed by atoms with Gasteiger partial charge in [0.2, 0.25) is 0 Å². The molecule has 0 saturated heterocycles. The van der Waals surface area contributed by atoms with Crippen molar-refractivity contribution in [2.45, 2.75) is 0 Å². The SMILES string of the molecule is CNC1=C(c2cc3cc(O)ccc3o2)C=C2C=CC(F)=CC21. The number of phenolic OH excluding ortho intramolecular Hbond substituents is 1. The lowest BCUT2D eigenvalue weighted by Gasteiger charge is -2.16. The Morgan fingerprint density at radius 3 is 2.91 bits per heavy atom. The number of allylic oxidation sites excluding steroid dienone is 6. The van der Waals surface area contributed by atoms with Crippen molar-refractivity contribution in [2.75, 3.05) is 7.05 Å². The molecule has 2 aliphatic rings. The zero-order valence-electron chi connectivity index (χ0n) is 11.9. The second-order valence-corrected chi connectivity index (χ2v) is 5.42. The summed E-state index contributed by atoms with van der Waals surface area (Å²) in [6.45, 7) is 0. The maximum atomic E-state index is 13.5. The van der Waals surface area contributed by atoms with Crippen LogP contribution in [-0.2, 0) is 0 Å². The van der Waals surface area contributed by atoms with E-state index in [2.05, 4.69) is 5.32 Å². The molecule has 0 bridgehead atoms. The van der Waals surface area contributed by atoms with Crippen molar-refractivity contribution in [3.8, 4) is 5.75 Å². The Morgan fingerprint density at radius 2 is 2.09 bits per heavy atom. The number of phenols is 1. The van der Waals surface area contributed by atoms with E-state index in [0.717, 1.165) is 22.2 Å². The van der Waals surface area contributed by atoms with E-state index < -0.39 is 0 Å². The number of hydrogen-bond donors (Lipinski definition) is 2. The first-order valence-corrected chi connectivity index (χ1v) is 7.07. The summed E-state index contributed by atoms with van der Waals surface area (Å²) in [6, 6.07) is 6.88. The van der Waals surface area contributed by atoms with Crippen LogP contribution in [0.4, 0.5) is 4.39 Å². The molecule has 0 amide bonds. The van der Waals surface area contributed by atoms with Crippen LogP contribution in [0.5, 0.6) is 5.75 Å². The monoisotopic (exact) mass is 295 g/mol. The lowest BCUT2D eigenvalue weighted by molar-refractivity contribution is 0.476. The maximum absolute atomic E-state index is 13.5. The Bertz CT molecular complexity index is 899. The lowest BCUT2D eigenvalue weighted by atomic mass is 9.95. The first kappa shape index (κ1) is 13.0. The lowest BCUT2D eigenvalue weighted by Crippen LogP contribution is -2.15. The molecule has 2 N–H and O–H groups in total. The van der Waals surface area contributed by atoms with Crippen LogP contribution in [0.3, 0.4) is 0 Å². The highest BCUT2D eigenvalue weighted by atomic mass is 19.1. The topological polar surface area (TPSA) is 45.4 Å². The van der Waals surface area contributed by atoms with Crippen molar-refractivity contribution in [3.05, 3.63) is 71.4 Å². The summed E-state index contributed by atoms with van der Waals surface area (Å²) in [5.74, 6) is 0.570. The number of rotatable bonds is 2. The Kier molecular flexibility index (Phi) is 2.73. The third-order valence-corrected chi connectivity index (χ3v) is 4.07. The smallest absolute Gasteiger partial charge is 0.137 e. The molecule has 3 nitrogen and oxygen atoms in total. The van der Waals surface area contributed by atoms with Crippen molar-refractivity contribution >= 4 is 16.5 Å². The van der Waals surface area contributed by atoms with E-state index in [4.69, 9.17) is 4.42 Å². The van der Waals surface area contributed by atoms with Gasteiger partial charge in [-0.3, -0.25) is 0 Å². The Morgan fingerprint density at radius 1 is 1.23 bits per heavy atom.